The lowest BCUT2D eigenvalue weighted by Crippen LogP contribution is -1.82. The van der Waals surface area contributed by atoms with Gasteiger partial charge in [0.2, 0.25) is 0 Å². The third kappa shape index (κ3) is 3.38. The van der Waals surface area contributed by atoms with E-state index in [1.54, 1.807) is 22.7 Å². The maximum atomic E-state index is 5.98. The van der Waals surface area contributed by atoms with Crippen LogP contribution < -0.4 is 0 Å². The van der Waals surface area contributed by atoms with Crippen LogP contribution in [-0.2, 0) is 0 Å². The lowest BCUT2D eigenvalue weighted by atomic mass is 10.1. The van der Waals surface area contributed by atoms with E-state index in [9.17, 15) is 0 Å². The molecule has 25 heavy (non-hydrogen) atoms. The Morgan fingerprint density at radius 3 is 2.20 bits per heavy atom. The molecule has 0 N–H and O–H groups in total. The monoisotopic (exact) mass is 382 g/mol. The first-order valence-electron chi connectivity index (χ1n) is 7.86. The van der Waals surface area contributed by atoms with Gasteiger partial charge in [0.1, 0.15) is 0 Å². The summed E-state index contributed by atoms with van der Waals surface area (Å²) < 4.78 is 0. The summed E-state index contributed by atoms with van der Waals surface area (Å²) in [6.07, 6.45) is 0. The van der Waals surface area contributed by atoms with Crippen LogP contribution in [0.4, 0.5) is 0 Å². The van der Waals surface area contributed by atoms with Crippen LogP contribution >= 0.6 is 34.3 Å². The number of hydrogen-bond donors (Lipinski definition) is 0. The van der Waals surface area contributed by atoms with E-state index in [2.05, 4.69) is 43.5 Å². The van der Waals surface area contributed by atoms with Gasteiger partial charge in [0.25, 0.3) is 0 Å². The second kappa shape index (κ2) is 6.71. The lowest BCUT2D eigenvalue weighted by molar-refractivity contribution is 1.33. The maximum Gasteiger partial charge on any atom is 0.153 e. The van der Waals surface area contributed by atoms with Crippen molar-refractivity contribution in [3.63, 3.8) is 0 Å². The third-order valence-electron chi connectivity index (χ3n) is 3.95. The Hall–Kier alpha value is -2.01. The van der Waals surface area contributed by atoms with Gasteiger partial charge in [-0.25, -0.2) is 9.97 Å². The number of hydrogen-bond acceptors (Lipinski definition) is 4. The molecule has 0 fully saturated rings. The molecular weight excluding hydrogens is 368 g/mol. The molecule has 2 heterocycles. The average Bonchev–Trinajstić information content (AvgIpc) is 3.23. The molecule has 124 valence electrons. The minimum Gasteiger partial charge on any atom is -0.233 e. The van der Waals surface area contributed by atoms with Gasteiger partial charge in [0, 0.05) is 26.4 Å². The van der Waals surface area contributed by atoms with Crippen molar-refractivity contribution in [2.75, 3.05) is 0 Å². The molecule has 0 saturated carbocycles. The van der Waals surface area contributed by atoms with Gasteiger partial charge in [-0.2, -0.15) is 0 Å². The number of aromatic nitrogens is 2. The summed E-state index contributed by atoms with van der Waals surface area (Å²) in [6.45, 7) is 4.19. The lowest BCUT2D eigenvalue weighted by Gasteiger charge is -1.98. The fraction of sp³-hybridized carbons (Fsp3) is 0.100. The molecule has 2 aromatic carbocycles. The Kier molecular flexibility index (Phi) is 4.42. The van der Waals surface area contributed by atoms with Crippen LogP contribution in [0.25, 0.3) is 32.5 Å². The summed E-state index contributed by atoms with van der Waals surface area (Å²) in [7, 11) is 0. The molecule has 0 radical (unpaired) electrons. The molecule has 2 aromatic heterocycles. The quantitative estimate of drug-likeness (QED) is 0.386. The fourth-order valence-electron chi connectivity index (χ4n) is 2.59. The zero-order valence-electron chi connectivity index (χ0n) is 13.8. The second-order valence-electron chi connectivity index (χ2n) is 5.83. The minimum absolute atomic E-state index is 0.736. The van der Waals surface area contributed by atoms with E-state index >= 15 is 0 Å². The van der Waals surface area contributed by atoms with Crippen molar-refractivity contribution in [3.05, 3.63) is 69.4 Å². The number of thiazole rings is 2. The van der Waals surface area contributed by atoms with Crippen molar-refractivity contribution in [1.82, 2.24) is 9.97 Å². The minimum atomic E-state index is 0.736. The van der Waals surface area contributed by atoms with Gasteiger partial charge in [-0.3, -0.25) is 0 Å². The Balaban J connectivity index is 1.68. The van der Waals surface area contributed by atoms with E-state index in [0.717, 1.165) is 37.6 Å². The normalized spacial score (nSPS) is 11.0. The third-order valence-corrected chi connectivity index (χ3v) is 6.16. The van der Waals surface area contributed by atoms with Crippen LogP contribution in [-0.4, -0.2) is 9.97 Å². The van der Waals surface area contributed by atoms with Crippen LogP contribution in [0.15, 0.2) is 53.9 Å². The van der Waals surface area contributed by atoms with Crippen molar-refractivity contribution in [2.45, 2.75) is 13.8 Å². The summed E-state index contributed by atoms with van der Waals surface area (Å²) in [5.41, 5.74) is 5.48. The van der Waals surface area contributed by atoms with Crippen LogP contribution in [0.3, 0.4) is 0 Å². The number of benzene rings is 2. The van der Waals surface area contributed by atoms with Crippen LogP contribution in [0.2, 0.25) is 5.02 Å². The van der Waals surface area contributed by atoms with Crippen LogP contribution in [0.1, 0.15) is 10.4 Å². The topological polar surface area (TPSA) is 25.8 Å². The highest BCUT2D eigenvalue weighted by Crippen LogP contribution is 2.36. The van der Waals surface area contributed by atoms with E-state index in [1.165, 1.54) is 10.4 Å². The molecule has 5 heteroatoms. The first-order chi connectivity index (χ1) is 12.1. The molecule has 0 amide bonds. The second-order valence-corrected chi connectivity index (χ2v) is 8.33. The van der Waals surface area contributed by atoms with Crippen molar-refractivity contribution >= 4 is 34.3 Å². The molecule has 4 rings (SSSR count). The Morgan fingerprint density at radius 1 is 0.800 bits per heavy atom. The molecule has 0 unspecified atom stereocenters. The van der Waals surface area contributed by atoms with Gasteiger partial charge >= 0.3 is 0 Å². The summed E-state index contributed by atoms with van der Waals surface area (Å²) in [6, 6.07) is 16.3. The average molecular weight is 383 g/mol. The van der Waals surface area contributed by atoms with Crippen molar-refractivity contribution < 1.29 is 0 Å². The Morgan fingerprint density at radius 2 is 1.48 bits per heavy atom. The SMILES string of the molecule is Cc1ccc(-c2csc(-c3nc(-c4ccc(Cl)cc4)c(C)s3)n2)cc1. The molecule has 4 aromatic rings. The van der Waals surface area contributed by atoms with Gasteiger partial charge in [-0.1, -0.05) is 53.6 Å². The highest BCUT2D eigenvalue weighted by Gasteiger charge is 2.14. The molecule has 0 bridgehead atoms. The Labute approximate surface area is 159 Å². The molecule has 0 aliphatic rings. The number of rotatable bonds is 3. The smallest absolute Gasteiger partial charge is 0.153 e. The largest absolute Gasteiger partial charge is 0.233 e. The van der Waals surface area contributed by atoms with E-state index in [1.807, 2.05) is 24.3 Å². The molecule has 0 saturated heterocycles. The highest BCUT2D eigenvalue weighted by atomic mass is 35.5. The van der Waals surface area contributed by atoms with Crippen LogP contribution in [0, 0.1) is 13.8 Å². The van der Waals surface area contributed by atoms with E-state index in [-0.39, 0.29) is 0 Å². The highest BCUT2D eigenvalue weighted by molar-refractivity contribution is 7.21. The first kappa shape index (κ1) is 16.5. The Bertz CT molecular complexity index is 1010. The number of nitrogens with zero attached hydrogens (tertiary/aromatic N) is 2. The number of halogens is 1. The van der Waals surface area contributed by atoms with Gasteiger partial charge in [0.05, 0.1) is 11.4 Å². The van der Waals surface area contributed by atoms with Crippen molar-refractivity contribution in [3.8, 4) is 32.5 Å². The van der Waals surface area contributed by atoms with Crippen molar-refractivity contribution in [2.24, 2.45) is 0 Å². The van der Waals surface area contributed by atoms with E-state index in [0.29, 0.717) is 0 Å². The molecule has 0 spiro atoms. The summed E-state index contributed by atoms with van der Waals surface area (Å²) in [5, 5.41) is 4.76. The zero-order valence-corrected chi connectivity index (χ0v) is 16.2. The van der Waals surface area contributed by atoms with Gasteiger partial charge in [-0.15, -0.1) is 22.7 Å². The van der Waals surface area contributed by atoms with Gasteiger partial charge in [0.15, 0.2) is 10.0 Å². The van der Waals surface area contributed by atoms with Gasteiger partial charge in [-0.05, 0) is 26.0 Å². The molecular formula is C20H15ClN2S2. The van der Waals surface area contributed by atoms with Crippen LogP contribution in [0.5, 0.6) is 0 Å². The summed E-state index contributed by atoms with van der Waals surface area (Å²) in [4.78, 5) is 10.8. The number of aryl methyl sites for hydroxylation is 2. The first-order valence-corrected chi connectivity index (χ1v) is 9.94. The standard InChI is InChI=1S/C20H15ClN2S2/c1-12-3-5-14(6-4-12)17-11-24-19(22-17)20-23-18(13(2)25-20)15-7-9-16(21)10-8-15/h3-11H,1-2H3. The predicted molar refractivity (Wildman–Crippen MR) is 109 cm³/mol. The molecule has 0 atom stereocenters. The van der Waals surface area contributed by atoms with E-state index < -0.39 is 0 Å². The molecule has 2 nitrogen and oxygen atoms in total. The molecule has 0 aliphatic heterocycles. The fourth-order valence-corrected chi connectivity index (χ4v) is 4.52. The summed E-state index contributed by atoms with van der Waals surface area (Å²) >= 11 is 9.30. The maximum absolute atomic E-state index is 5.98. The summed E-state index contributed by atoms with van der Waals surface area (Å²) in [5.74, 6) is 0. The van der Waals surface area contributed by atoms with E-state index in [4.69, 9.17) is 21.6 Å². The predicted octanol–water partition coefficient (Wildman–Crippen LogP) is 6.87. The van der Waals surface area contributed by atoms with Crippen molar-refractivity contribution in [1.29, 1.82) is 0 Å². The molecule has 0 aliphatic carbocycles. The van der Waals surface area contributed by atoms with Gasteiger partial charge < -0.3 is 0 Å². The zero-order chi connectivity index (χ0) is 17.4.